The Morgan fingerprint density at radius 1 is 1.44 bits per heavy atom. The summed E-state index contributed by atoms with van der Waals surface area (Å²) in [5.41, 5.74) is 0.589. The fourth-order valence-corrected chi connectivity index (χ4v) is 2.42. The molecular weight excluding hydrogens is 270 g/mol. The Morgan fingerprint density at radius 2 is 2.28 bits per heavy atom. The van der Waals surface area contributed by atoms with Crippen LogP contribution < -0.4 is 10.1 Å². The van der Waals surface area contributed by atoms with Crippen molar-refractivity contribution in [1.82, 2.24) is 0 Å². The summed E-state index contributed by atoms with van der Waals surface area (Å²) in [6, 6.07) is 8.97. The Hall–Kier alpha value is -1.52. The molecule has 18 heavy (non-hydrogen) atoms. The molecule has 0 bridgehead atoms. The number of halogens is 1. The molecule has 0 aliphatic rings. The van der Waals surface area contributed by atoms with E-state index in [4.69, 9.17) is 16.3 Å². The molecule has 0 spiro atoms. The van der Waals surface area contributed by atoms with Crippen LogP contribution in [0, 0.1) is 0 Å². The molecule has 5 heteroatoms. The van der Waals surface area contributed by atoms with Crippen LogP contribution in [0.1, 0.15) is 4.88 Å². The first-order valence-corrected chi connectivity index (χ1v) is 6.60. The molecule has 0 saturated carbocycles. The fourth-order valence-electron chi connectivity index (χ4n) is 1.54. The molecule has 0 saturated heterocycles. The number of rotatable bonds is 4. The van der Waals surface area contributed by atoms with Crippen molar-refractivity contribution >= 4 is 34.5 Å². The Morgan fingerprint density at radius 3 is 2.94 bits per heavy atom. The summed E-state index contributed by atoms with van der Waals surface area (Å²) in [6.45, 7) is 0. The van der Waals surface area contributed by atoms with Gasteiger partial charge < -0.3 is 10.1 Å². The van der Waals surface area contributed by atoms with E-state index < -0.39 is 0 Å². The minimum absolute atomic E-state index is 0.0852. The lowest BCUT2D eigenvalue weighted by Crippen LogP contribution is -2.14. The van der Waals surface area contributed by atoms with E-state index in [1.807, 2.05) is 17.5 Å². The van der Waals surface area contributed by atoms with Gasteiger partial charge in [0.05, 0.1) is 19.2 Å². The molecule has 1 heterocycles. The molecule has 94 valence electrons. The minimum atomic E-state index is -0.0852. The van der Waals surface area contributed by atoms with Gasteiger partial charge in [-0.1, -0.05) is 17.7 Å². The van der Waals surface area contributed by atoms with E-state index in [9.17, 15) is 4.79 Å². The summed E-state index contributed by atoms with van der Waals surface area (Å²) in [4.78, 5) is 12.9. The van der Waals surface area contributed by atoms with E-state index >= 15 is 0 Å². The standard InChI is InChI=1S/C13H12ClNO2S/c1-17-12-5-4-9(14)7-11(12)15-13(16)8-10-3-2-6-18-10/h2-7H,8H2,1H3,(H,15,16). The van der Waals surface area contributed by atoms with Gasteiger partial charge in [0.15, 0.2) is 0 Å². The lowest BCUT2D eigenvalue weighted by atomic mass is 10.2. The smallest absolute Gasteiger partial charge is 0.229 e. The van der Waals surface area contributed by atoms with Crippen LogP contribution in [0.4, 0.5) is 5.69 Å². The Labute approximate surface area is 114 Å². The predicted octanol–water partition coefficient (Wildman–Crippen LogP) is 3.59. The number of anilines is 1. The first-order chi connectivity index (χ1) is 8.69. The van der Waals surface area contributed by atoms with Gasteiger partial charge in [-0.15, -0.1) is 11.3 Å². The largest absolute Gasteiger partial charge is 0.495 e. The molecule has 1 amide bonds. The average Bonchev–Trinajstić information content (AvgIpc) is 2.82. The molecule has 1 aromatic carbocycles. The Balaban J connectivity index is 2.08. The van der Waals surface area contributed by atoms with Crippen LogP contribution in [0.3, 0.4) is 0 Å². The van der Waals surface area contributed by atoms with Gasteiger partial charge in [0, 0.05) is 9.90 Å². The van der Waals surface area contributed by atoms with Crippen molar-refractivity contribution in [2.75, 3.05) is 12.4 Å². The molecule has 0 unspecified atom stereocenters. The zero-order valence-electron chi connectivity index (χ0n) is 9.77. The third-order valence-corrected chi connectivity index (χ3v) is 3.46. The Kier molecular flexibility index (Phi) is 4.23. The lowest BCUT2D eigenvalue weighted by molar-refractivity contribution is -0.115. The second kappa shape index (κ2) is 5.89. The number of benzene rings is 1. The van der Waals surface area contributed by atoms with E-state index in [1.165, 1.54) is 0 Å². The van der Waals surface area contributed by atoms with E-state index in [0.717, 1.165) is 4.88 Å². The maximum absolute atomic E-state index is 11.9. The second-order valence-corrected chi connectivity index (χ2v) is 5.12. The number of ether oxygens (including phenoxy) is 1. The highest BCUT2D eigenvalue weighted by Gasteiger charge is 2.09. The van der Waals surface area contributed by atoms with Crippen molar-refractivity contribution in [1.29, 1.82) is 0 Å². The molecule has 0 radical (unpaired) electrons. The van der Waals surface area contributed by atoms with Gasteiger partial charge in [-0.05, 0) is 29.6 Å². The van der Waals surface area contributed by atoms with E-state index in [1.54, 1.807) is 36.6 Å². The zero-order chi connectivity index (χ0) is 13.0. The average molecular weight is 282 g/mol. The summed E-state index contributed by atoms with van der Waals surface area (Å²) in [5.74, 6) is 0.511. The normalized spacial score (nSPS) is 10.1. The molecule has 2 rings (SSSR count). The lowest BCUT2D eigenvalue weighted by Gasteiger charge is -2.10. The molecular formula is C13H12ClNO2S. The fraction of sp³-hybridized carbons (Fsp3) is 0.154. The quantitative estimate of drug-likeness (QED) is 0.930. The van der Waals surface area contributed by atoms with Crippen molar-refractivity contribution in [2.24, 2.45) is 0 Å². The van der Waals surface area contributed by atoms with E-state index in [0.29, 0.717) is 22.9 Å². The molecule has 0 aliphatic carbocycles. The zero-order valence-corrected chi connectivity index (χ0v) is 11.3. The van der Waals surface area contributed by atoms with Crippen molar-refractivity contribution in [3.05, 3.63) is 45.6 Å². The molecule has 0 aliphatic heterocycles. The van der Waals surface area contributed by atoms with Gasteiger partial charge in [-0.25, -0.2) is 0 Å². The van der Waals surface area contributed by atoms with E-state index in [2.05, 4.69) is 5.32 Å². The highest BCUT2D eigenvalue weighted by molar-refractivity contribution is 7.10. The van der Waals surface area contributed by atoms with Crippen LogP contribution in [0.15, 0.2) is 35.7 Å². The third-order valence-electron chi connectivity index (χ3n) is 2.35. The molecule has 0 atom stereocenters. The van der Waals surface area contributed by atoms with Gasteiger partial charge in [-0.2, -0.15) is 0 Å². The number of carbonyl (C=O) groups is 1. The first-order valence-electron chi connectivity index (χ1n) is 5.35. The maximum Gasteiger partial charge on any atom is 0.229 e. The van der Waals surface area contributed by atoms with Crippen LogP contribution >= 0.6 is 22.9 Å². The maximum atomic E-state index is 11.9. The van der Waals surface area contributed by atoms with Crippen LogP contribution in [-0.4, -0.2) is 13.0 Å². The number of hydrogen-bond donors (Lipinski definition) is 1. The molecule has 1 N–H and O–H groups in total. The van der Waals surface area contributed by atoms with Gasteiger partial charge in [-0.3, -0.25) is 4.79 Å². The summed E-state index contributed by atoms with van der Waals surface area (Å²) in [6.07, 6.45) is 0.354. The van der Waals surface area contributed by atoms with Crippen LogP contribution in [0.5, 0.6) is 5.75 Å². The third kappa shape index (κ3) is 3.24. The monoisotopic (exact) mass is 281 g/mol. The van der Waals surface area contributed by atoms with Crippen LogP contribution in [0.2, 0.25) is 5.02 Å². The summed E-state index contributed by atoms with van der Waals surface area (Å²) in [7, 11) is 1.55. The molecule has 1 aromatic heterocycles. The predicted molar refractivity (Wildman–Crippen MR) is 74.7 cm³/mol. The molecule has 3 nitrogen and oxygen atoms in total. The summed E-state index contributed by atoms with van der Waals surface area (Å²) in [5, 5.41) is 5.30. The van der Waals surface area contributed by atoms with Gasteiger partial charge >= 0.3 is 0 Å². The SMILES string of the molecule is COc1ccc(Cl)cc1NC(=O)Cc1cccs1. The second-order valence-electron chi connectivity index (χ2n) is 3.65. The number of thiophene rings is 1. The number of methoxy groups -OCH3 is 1. The Bertz CT molecular complexity index is 540. The number of hydrogen-bond acceptors (Lipinski definition) is 3. The van der Waals surface area contributed by atoms with Crippen molar-refractivity contribution in [3.8, 4) is 5.75 Å². The highest BCUT2D eigenvalue weighted by atomic mass is 35.5. The highest BCUT2D eigenvalue weighted by Crippen LogP contribution is 2.27. The number of amides is 1. The summed E-state index contributed by atoms with van der Waals surface area (Å²) >= 11 is 7.45. The topological polar surface area (TPSA) is 38.3 Å². The molecule has 2 aromatic rings. The number of carbonyl (C=O) groups excluding carboxylic acids is 1. The minimum Gasteiger partial charge on any atom is -0.495 e. The first kappa shape index (κ1) is 12.9. The van der Waals surface area contributed by atoms with Crippen LogP contribution in [0.25, 0.3) is 0 Å². The van der Waals surface area contributed by atoms with Gasteiger partial charge in [0.2, 0.25) is 5.91 Å². The summed E-state index contributed by atoms with van der Waals surface area (Å²) < 4.78 is 5.17. The van der Waals surface area contributed by atoms with Crippen molar-refractivity contribution < 1.29 is 9.53 Å². The van der Waals surface area contributed by atoms with Gasteiger partial charge in [0.25, 0.3) is 0 Å². The van der Waals surface area contributed by atoms with E-state index in [-0.39, 0.29) is 5.91 Å². The van der Waals surface area contributed by atoms with Crippen molar-refractivity contribution in [3.63, 3.8) is 0 Å². The number of nitrogens with one attached hydrogen (secondary N) is 1. The molecule has 0 fully saturated rings. The van der Waals surface area contributed by atoms with Crippen molar-refractivity contribution in [2.45, 2.75) is 6.42 Å². The van der Waals surface area contributed by atoms with Crippen LogP contribution in [-0.2, 0) is 11.2 Å². The van der Waals surface area contributed by atoms with Gasteiger partial charge in [0.1, 0.15) is 5.75 Å².